The van der Waals surface area contributed by atoms with E-state index in [2.05, 4.69) is 0 Å². The fraction of sp³-hybridized carbons (Fsp3) is 1.00. The summed E-state index contributed by atoms with van der Waals surface area (Å²) in [6.45, 7) is -1.21. The van der Waals surface area contributed by atoms with Gasteiger partial charge in [-0.1, -0.05) is 0 Å². The van der Waals surface area contributed by atoms with E-state index in [9.17, 15) is 40.9 Å². The SMILES string of the molecule is OC[C@@H]1[C@@H](O)[C@H](O)C[S+]1C[C@@H](O)[C@@H](O)[C@H](O)[C@H](O)[C@@H](O)CO. The molecule has 1 unspecified atom stereocenters. The van der Waals surface area contributed by atoms with Gasteiger partial charge < -0.3 is 46.0 Å². The van der Waals surface area contributed by atoms with Gasteiger partial charge in [0.2, 0.25) is 0 Å². The monoisotopic (exact) mass is 345 g/mol. The highest BCUT2D eigenvalue weighted by atomic mass is 32.2. The van der Waals surface area contributed by atoms with Crippen molar-refractivity contribution < 1.29 is 46.0 Å². The maximum absolute atomic E-state index is 9.93. The Hall–Kier alpha value is -0.0100. The second kappa shape index (κ2) is 8.73. The molecule has 9 nitrogen and oxygen atoms in total. The predicted molar refractivity (Wildman–Crippen MR) is 77.1 cm³/mol. The van der Waals surface area contributed by atoms with Gasteiger partial charge in [0.05, 0.1) is 13.2 Å². The molecule has 0 radical (unpaired) electrons. The van der Waals surface area contributed by atoms with E-state index in [4.69, 9.17) is 5.11 Å². The van der Waals surface area contributed by atoms with Crippen LogP contribution in [0.15, 0.2) is 0 Å². The van der Waals surface area contributed by atoms with Gasteiger partial charge in [0.25, 0.3) is 0 Å². The van der Waals surface area contributed by atoms with Crippen LogP contribution < -0.4 is 0 Å². The Morgan fingerprint density at radius 2 is 1.41 bits per heavy atom. The van der Waals surface area contributed by atoms with Crippen LogP contribution in [0.4, 0.5) is 0 Å². The van der Waals surface area contributed by atoms with Crippen LogP contribution in [0.25, 0.3) is 0 Å². The minimum absolute atomic E-state index is 0.0977. The number of hydrogen-bond donors (Lipinski definition) is 9. The summed E-state index contributed by atoms with van der Waals surface area (Å²) in [5.74, 6) is 0.0492. The lowest BCUT2D eigenvalue weighted by Crippen LogP contribution is -2.52. The summed E-state index contributed by atoms with van der Waals surface area (Å²) < 4.78 is 0. The highest BCUT2D eigenvalue weighted by Gasteiger charge is 2.51. The first-order valence-corrected chi connectivity index (χ1v) is 8.51. The third-order valence-corrected chi connectivity index (χ3v) is 6.65. The number of hydrogen-bond acceptors (Lipinski definition) is 9. The molecule has 0 bridgehead atoms. The van der Waals surface area contributed by atoms with E-state index >= 15 is 0 Å². The fourth-order valence-electron chi connectivity index (χ4n) is 2.37. The molecule has 0 aliphatic carbocycles. The van der Waals surface area contributed by atoms with Crippen LogP contribution >= 0.6 is 0 Å². The van der Waals surface area contributed by atoms with Crippen LogP contribution in [0.5, 0.6) is 0 Å². The smallest absolute Gasteiger partial charge is 0.169 e. The summed E-state index contributed by atoms with van der Waals surface area (Å²) in [5.41, 5.74) is 0. The molecule has 0 aromatic carbocycles. The van der Waals surface area contributed by atoms with E-state index in [-0.39, 0.29) is 11.5 Å². The van der Waals surface area contributed by atoms with Gasteiger partial charge in [-0.15, -0.1) is 0 Å². The van der Waals surface area contributed by atoms with Crippen LogP contribution in [-0.4, -0.2) is 119 Å². The Balaban J connectivity index is 2.62. The van der Waals surface area contributed by atoms with Gasteiger partial charge in [-0.25, -0.2) is 0 Å². The lowest BCUT2D eigenvalue weighted by molar-refractivity contribution is -0.136. The first-order valence-electron chi connectivity index (χ1n) is 6.89. The van der Waals surface area contributed by atoms with Crippen molar-refractivity contribution in [2.45, 2.75) is 48.0 Å². The summed E-state index contributed by atoms with van der Waals surface area (Å²) in [6, 6.07) is 0. The van der Waals surface area contributed by atoms with Crippen LogP contribution in [-0.2, 0) is 10.9 Å². The summed E-state index contributed by atoms with van der Waals surface area (Å²) in [7, 11) is -0.783. The first kappa shape index (κ1) is 20.0. The topological polar surface area (TPSA) is 182 Å². The molecule has 0 amide bonds. The summed E-state index contributed by atoms with van der Waals surface area (Å²) in [4.78, 5) is 0. The predicted octanol–water partition coefficient (Wildman–Crippen LogP) is -5.50. The molecular formula is C12H25O9S+. The molecule has 0 saturated carbocycles. The van der Waals surface area contributed by atoms with Gasteiger partial charge in [-0.2, -0.15) is 0 Å². The van der Waals surface area contributed by atoms with Gasteiger partial charge in [-0.05, 0) is 0 Å². The zero-order valence-electron chi connectivity index (χ0n) is 11.9. The van der Waals surface area contributed by atoms with E-state index in [1.165, 1.54) is 0 Å². The largest absolute Gasteiger partial charge is 0.394 e. The molecule has 1 saturated heterocycles. The van der Waals surface area contributed by atoms with E-state index < -0.39 is 72.1 Å². The molecule has 9 N–H and O–H groups in total. The van der Waals surface area contributed by atoms with Gasteiger partial charge >= 0.3 is 0 Å². The molecule has 1 rings (SSSR count). The van der Waals surface area contributed by atoms with Gasteiger partial charge in [0.15, 0.2) is 5.25 Å². The Labute approximate surface area is 130 Å². The van der Waals surface area contributed by atoms with Crippen molar-refractivity contribution in [2.24, 2.45) is 0 Å². The third kappa shape index (κ3) is 4.51. The number of rotatable bonds is 8. The second-order valence-electron chi connectivity index (χ2n) is 5.44. The highest BCUT2D eigenvalue weighted by Crippen LogP contribution is 2.25. The van der Waals surface area contributed by atoms with Crippen molar-refractivity contribution in [3.63, 3.8) is 0 Å². The maximum Gasteiger partial charge on any atom is 0.169 e. The Morgan fingerprint density at radius 3 is 1.91 bits per heavy atom. The lowest BCUT2D eigenvalue weighted by Gasteiger charge is -2.28. The van der Waals surface area contributed by atoms with Crippen molar-refractivity contribution in [3.8, 4) is 0 Å². The molecule has 1 aliphatic heterocycles. The van der Waals surface area contributed by atoms with E-state index in [0.717, 1.165) is 0 Å². The quantitative estimate of drug-likeness (QED) is 0.194. The lowest BCUT2D eigenvalue weighted by atomic mass is 10.0. The zero-order chi connectivity index (χ0) is 17.0. The fourth-order valence-corrected chi connectivity index (χ4v) is 5.06. The van der Waals surface area contributed by atoms with Crippen molar-refractivity contribution >= 4 is 10.9 Å². The molecule has 1 fully saturated rings. The number of aliphatic hydroxyl groups is 9. The minimum Gasteiger partial charge on any atom is -0.394 e. The molecule has 1 aliphatic rings. The molecule has 10 heteroatoms. The van der Waals surface area contributed by atoms with Crippen LogP contribution in [0.3, 0.4) is 0 Å². The molecule has 0 spiro atoms. The van der Waals surface area contributed by atoms with Crippen LogP contribution in [0.2, 0.25) is 0 Å². The van der Waals surface area contributed by atoms with Crippen molar-refractivity contribution in [2.75, 3.05) is 24.7 Å². The van der Waals surface area contributed by atoms with Crippen molar-refractivity contribution in [3.05, 3.63) is 0 Å². The molecule has 0 aromatic heterocycles. The van der Waals surface area contributed by atoms with Gasteiger partial charge in [-0.3, -0.25) is 0 Å². The van der Waals surface area contributed by atoms with Gasteiger partial charge in [0, 0.05) is 10.9 Å². The Kier molecular flexibility index (Phi) is 7.95. The minimum atomic E-state index is -1.88. The molecule has 132 valence electrons. The molecule has 0 aromatic rings. The maximum atomic E-state index is 9.93. The normalized spacial score (nSPS) is 35.9. The zero-order valence-corrected chi connectivity index (χ0v) is 12.7. The summed E-state index contributed by atoms with van der Waals surface area (Å²) in [5, 5.41) is 84.7. The van der Waals surface area contributed by atoms with Gasteiger partial charge in [0.1, 0.15) is 54.2 Å². The highest BCUT2D eigenvalue weighted by molar-refractivity contribution is 7.97. The number of aliphatic hydroxyl groups excluding tert-OH is 9. The van der Waals surface area contributed by atoms with Crippen molar-refractivity contribution in [1.82, 2.24) is 0 Å². The Bertz CT molecular complexity index is 334. The standard InChI is InChI=1S/C12H25O9S/c13-1-5(15)10(19)12(21)11(20)7(17)4-22-3-6(16)9(18)8(22)2-14/h5-21H,1-4H2/q+1/t5-,6+,7+,8+,9-,10+,11+,12+,22?/m0/s1. The molecule has 9 atom stereocenters. The van der Waals surface area contributed by atoms with Crippen molar-refractivity contribution in [1.29, 1.82) is 0 Å². The molecule has 1 heterocycles. The second-order valence-corrected chi connectivity index (χ2v) is 7.79. The first-order chi connectivity index (χ1) is 10.2. The summed E-state index contributed by atoms with van der Waals surface area (Å²) in [6.07, 6.45) is -10.8. The van der Waals surface area contributed by atoms with E-state index in [1.807, 2.05) is 0 Å². The van der Waals surface area contributed by atoms with Crippen LogP contribution in [0.1, 0.15) is 0 Å². The molecule has 22 heavy (non-hydrogen) atoms. The third-order valence-electron chi connectivity index (χ3n) is 3.83. The average molecular weight is 345 g/mol. The Morgan fingerprint density at radius 1 is 0.864 bits per heavy atom. The van der Waals surface area contributed by atoms with E-state index in [1.54, 1.807) is 0 Å². The van der Waals surface area contributed by atoms with Crippen LogP contribution in [0, 0.1) is 0 Å². The average Bonchev–Trinajstić information content (AvgIpc) is 2.77. The summed E-state index contributed by atoms with van der Waals surface area (Å²) >= 11 is 0. The van der Waals surface area contributed by atoms with E-state index in [0.29, 0.717) is 0 Å². The molecular weight excluding hydrogens is 320 g/mol.